The standard InChI is InChI=1S/C18H28N4O3S2/c1-5-27(24,25)21-8-6-7-15(12-21)18(23)22-9-10-26-17(22)11-16-13(2)19-20(4)14(16)3/h11,15H,5-10,12H2,1-4H3/b17-11+/t15-/m1/s1. The number of sulfonamides is 1. The predicted octanol–water partition coefficient (Wildman–Crippen LogP) is 1.97. The van der Waals surface area contributed by atoms with Crippen molar-refractivity contribution in [2.45, 2.75) is 33.6 Å². The quantitative estimate of drug-likeness (QED) is 0.756. The van der Waals surface area contributed by atoms with Crippen molar-refractivity contribution in [2.24, 2.45) is 13.0 Å². The molecule has 0 N–H and O–H groups in total. The van der Waals surface area contributed by atoms with Gasteiger partial charge in [0.1, 0.15) is 0 Å². The lowest BCUT2D eigenvalue weighted by Crippen LogP contribution is -2.46. The smallest absolute Gasteiger partial charge is 0.231 e. The van der Waals surface area contributed by atoms with Crippen LogP contribution in [0.1, 0.15) is 36.7 Å². The van der Waals surface area contributed by atoms with Gasteiger partial charge in [0.2, 0.25) is 15.9 Å². The first-order valence-corrected chi connectivity index (χ1v) is 12.0. The zero-order valence-electron chi connectivity index (χ0n) is 16.4. The summed E-state index contributed by atoms with van der Waals surface area (Å²) in [6.45, 7) is 7.13. The zero-order chi connectivity index (χ0) is 19.8. The van der Waals surface area contributed by atoms with E-state index in [1.54, 1.807) is 18.7 Å². The molecule has 0 aliphatic carbocycles. The van der Waals surface area contributed by atoms with Crippen LogP contribution in [0.25, 0.3) is 6.08 Å². The van der Waals surface area contributed by atoms with Crippen LogP contribution in [0.3, 0.4) is 0 Å². The van der Waals surface area contributed by atoms with Crippen LogP contribution >= 0.6 is 11.8 Å². The number of hydrogen-bond donors (Lipinski definition) is 0. The Balaban J connectivity index is 1.80. The van der Waals surface area contributed by atoms with Gasteiger partial charge in [-0.3, -0.25) is 9.48 Å². The van der Waals surface area contributed by atoms with Crippen LogP contribution in [0, 0.1) is 19.8 Å². The lowest BCUT2D eigenvalue weighted by Gasteiger charge is -2.33. The molecule has 0 bridgehead atoms. The molecule has 0 spiro atoms. The Morgan fingerprint density at radius 1 is 1.33 bits per heavy atom. The number of hydrogen-bond acceptors (Lipinski definition) is 5. The fourth-order valence-electron chi connectivity index (χ4n) is 3.69. The Labute approximate surface area is 165 Å². The van der Waals surface area contributed by atoms with E-state index in [0.29, 0.717) is 19.6 Å². The first-order valence-electron chi connectivity index (χ1n) is 9.38. The summed E-state index contributed by atoms with van der Waals surface area (Å²) in [5.74, 6) is 0.720. The van der Waals surface area contributed by atoms with Crippen LogP contribution in [0.5, 0.6) is 0 Å². The molecule has 2 fully saturated rings. The molecule has 1 amide bonds. The third-order valence-corrected chi connectivity index (χ3v) is 8.29. The third kappa shape index (κ3) is 4.09. The van der Waals surface area contributed by atoms with Gasteiger partial charge in [-0.1, -0.05) is 0 Å². The average Bonchev–Trinajstić information content (AvgIpc) is 3.21. The molecule has 0 aromatic carbocycles. The highest BCUT2D eigenvalue weighted by Gasteiger charge is 2.36. The number of nitrogens with zero attached hydrogens (tertiary/aromatic N) is 4. The van der Waals surface area contributed by atoms with Crippen molar-refractivity contribution in [1.82, 2.24) is 19.0 Å². The highest BCUT2D eigenvalue weighted by molar-refractivity contribution is 8.03. The van der Waals surface area contributed by atoms with Crippen molar-refractivity contribution in [3.8, 4) is 0 Å². The number of amides is 1. The van der Waals surface area contributed by atoms with Crippen molar-refractivity contribution in [3.05, 3.63) is 22.0 Å². The Kier molecular flexibility index (Phi) is 6.02. The molecule has 27 heavy (non-hydrogen) atoms. The fourth-order valence-corrected chi connectivity index (χ4v) is 5.89. The summed E-state index contributed by atoms with van der Waals surface area (Å²) in [6, 6.07) is 0. The first kappa shape index (κ1) is 20.4. The molecule has 2 saturated heterocycles. The molecule has 150 valence electrons. The lowest BCUT2D eigenvalue weighted by atomic mass is 9.98. The second-order valence-corrected chi connectivity index (χ2v) is 10.5. The molecule has 3 heterocycles. The van der Waals surface area contributed by atoms with Crippen molar-refractivity contribution < 1.29 is 13.2 Å². The van der Waals surface area contributed by atoms with Crippen molar-refractivity contribution in [1.29, 1.82) is 0 Å². The maximum absolute atomic E-state index is 13.2. The molecule has 1 aromatic heterocycles. The zero-order valence-corrected chi connectivity index (χ0v) is 18.1. The van der Waals surface area contributed by atoms with Gasteiger partial charge in [0.15, 0.2) is 0 Å². The molecule has 0 unspecified atom stereocenters. The SMILES string of the molecule is CCS(=O)(=O)N1CCC[C@@H](C(=O)N2CCS/C2=C/c2c(C)nn(C)c2C)C1. The Hall–Kier alpha value is -1.32. The van der Waals surface area contributed by atoms with Crippen LogP contribution < -0.4 is 0 Å². The van der Waals surface area contributed by atoms with Crippen LogP contribution in [-0.4, -0.2) is 64.5 Å². The number of piperidine rings is 1. The Morgan fingerprint density at radius 3 is 2.70 bits per heavy atom. The van der Waals surface area contributed by atoms with E-state index in [2.05, 4.69) is 11.2 Å². The molecule has 2 aliphatic heterocycles. The van der Waals surface area contributed by atoms with E-state index in [0.717, 1.165) is 40.6 Å². The Morgan fingerprint density at radius 2 is 2.07 bits per heavy atom. The largest absolute Gasteiger partial charge is 0.306 e. The number of rotatable bonds is 4. The molecule has 9 heteroatoms. The lowest BCUT2D eigenvalue weighted by molar-refractivity contribution is -0.133. The molecular formula is C18H28N4O3S2. The molecule has 2 aliphatic rings. The predicted molar refractivity (Wildman–Crippen MR) is 109 cm³/mol. The van der Waals surface area contributed by atoms with Crippen LogP contribution in [-0.2, 0) is 21.9 Å². The number of aryl methyl sites for hydroxylation is 2. The minimum atomic E-state index is -3.25. The molecule has 0 saturated carbocycles. The van der Waals surface area contributed by atoms with Gasteiger partial charge in [-0.2, -0.15) is 5.10 Å². The van der Waals surface area contributed by atoms with Gasteiger partial charge < -0.3 is 4.90 Å². The summed E-state index contributed by atoms with van der Waals surface area (Å²) in [4.78, 5) is 15.0. The second-order valence-electron chi connectivity index (χ2n) is 7.13. The van der Waals surface area contributed by atoms with Crippen LogP contribution in [0.2, 0.25) is 0 Å². The van der Waals surface area contributed by atoms with Gasteiger partial charge in [0.05, 0.1) is 22.4 Å². The molecule has 1 atom stereocenters. The van der Waals surface area contributed by atoms with E-state index in [1.807, 2.05) is 30.5 Å². The van der Waals surface area contributed by atoms with E-state index in [9.17, 15) is 13.2 Å². The van der Waals surface area contributed by atoms with E-state index < -0.39 is 10.0 Å². The molecule has 7 nitrogen and oxygen atoms in total. The minimum absolute atomic E-state index is 0.0430. The number of aromatic nitrogens is 2. The molecule has 1 aromatic rings. The van der Waals surface area contributed by atoms with E-state index in [4.69, 9.17) is 0 Å². The number of carbonyl (C=O) groups is 1. The summed E-state index contributed by atoms with van der Waals surface area (Å²) in [5.41, 5.74) is 3.07. The van der Waals surface area contributed by atoms with Crippen LogP contribution in [0.15, 0.2) is 5.03 Å². The van der Waals surface area contributed by atoms with Gasteiger partial charge in [-0.15, -0.1) is 11.8 Å². The highest BCUT2D eigenvalue weighted by Crippen LogP contribution is 2.34. The van der Waals surface area contributed by atoms with Gasteiger partial charge >= 0.3 is 0 Å². The summed E-state index contributed by atoms with van der Waals surface area (Å²) < 4.78 is 27.7. The molecular weight excluding hydrogens is 384 g/mol. The average molecular weight is 413 g/mol. The van der Waals surface area contributed by atoms with Gasteiger partial charge in [0.25, 0.3) is 0 Å². The maximum atomic E-state index is 13.2. The van der Waals surface area contributed by atoms with E-state index in [1.165, 1.54) is 4.31 Å². The normalized spacial score (nSPS) is 23.3. The highest BCUT2D eigenvalue weighted by atomic mass is 32.2. The van der Waals surface area contributed by atoms with Crippen molar-refractivity contribution >= 4 is 33.8 Å². The Bertz CT molecular complexity index is 860. The first-order chi connectivity index (χ1) is 12.7. The van der Waals surface area contributed by atoms with E-state index >= 15 is 0 Å². The number of carbonyl (C=O) groups excluding carboxylic acids is 1. The third-order valence-electron chi connectivity index (χ3n) is 5.42. The van der Waals surface area contributed by atoms with Gasteiger partial charge in [-0.25, -0.2) is 12.7 Å². The molecule has 3 rings (SSSR count). The van der Waals surface area contributed by atoms with Crippen molar-refractivity contribution in [3.63, 3.8) is 0 Å². The van der Waals surface area contributed by atoms with Crippen molar-refractivity contribution in [2.75, 3.05) is 31.1 Å². The second kappa shape index (κ2) is 7.97. The van der Waals surface area contributed by atoms with Gasteiger partial charge in [-0.05, 0) is 39.7 Å². The summed E-state index contributed by atoms with van der Waals surface area (Å²) in [5, 5.41) is 5.38. The summed E-state index contributed by atoms with van der Waals surface area (Å²) in [6.07, 6.45) is 3.53. The topological polar surface area (TPSA) is 75.5 Å². The monoisotopic (exact) mass is 412 g/mol. The maximum Gasteiger partial charge on any atom is 0.231 e. The number of thioether (sulfide) groups is 1. The van der Waals surface area contributed by atoms with Crippen LogP contribution in [0.4, 0.5) is 0 Å². The van der Waals surface area contributed by atoms with E-state index in [-0.39, 0.29) is 17.6 Å². The molecule has 0 radical (unpaired) electrons. The fraction of sp³-hybridized carbons (Fsp3) is 0.667. The van der Waals surface area contributed by atoms with Gasteiger partial charge in [0, 0.05) is 43.7 Å². The summed E-state index contributed by atoms with van der Waals surface area (Å²) >= 11 is 1.67. The minimum Gasteiger partial charge on any atom is -0.306 e. The summed E-state index contributed by atoms with van der Waals surface area (Å²) in [7, 11) is -1.33.